The molecule has 78 valence electrons. The van der Waals surface area contributed by atoms with E-state index >= 15 is 0 Å². The van der Waals surface area contributed by atoms with Crippen molar-refractivity contribution in [3.05, 3.63) is 12.7 Å². The van der Waals surface area contributed by atoms with Gasteiger partial charge < -0.3 is 9.47 Å². The van der Waals surface area contributed by atoms with Crippen molar-refractivity contribution in [1.29, 1.82) is 0 Å². The van der Waals surface area contributed by atoms with Gasteiger partial charge >= 0.3 is 5.97 Å². The largest absolute Gasteiger partial charge is 0.460 e. The van der Waals surface area contributed by atoms with E-state index in [1.165, 1.54) is 31.8 Å². The maximum absolute atomic E-state index is 10.9. The van der Waals surface area contributed by atoms with Crippen LogP contribution in [0.15, 0.2) is 12.7 Å². The molecule has 0 aromatic heterocycles. The van der Waals surface area contributed by atoms with Gasteiger partial charge in [-0.2, -0.15) is 0 Å². The highest BCUT2D eigenvalue weighted by molar-refractivity contribution is 5.81. The summed E-state index contributed by atoms with van der Waals surface area (Å²) in [6, 6.07) is 0. The first-order valence-corrected chi connectivity index (χ1v) is 5.24. The van der Waals surface area contributed by atoms with Crippen LogP contribution in [0.2, 0.25) is 0 Å². The summed E-state index contributed by atoms with van der Waals surface area (Å²) in [5.74, 6) is 0.243. The van der Waals surface area contributed by atoms with Crippen LogP contribution < -0.4 is 0 Å². The molecule has 3 heteroatoms. The van der Waals surface area contributed by atoms with Crippen molar-refractivity contribution in [2.75, 3.05) is 6.61 Å². The van der Waals surface area contributed by atoms with Gasteiger partial charge in [0.25, 0.3) is 0 Å². The zero-order valence-electron chi connectivity index (χ0n) is 8.28. The van der Waals surface area contributed by atoms with Crippen molar-refractivity contribution in [2.45, 2.75) is 37.9 Å². The molecular weight excluding hydrogens is 180 g/mol. The lowest BCUT2D eigenvalue weighted by Gasteiger charge is -2.42. The van der Waals surface area contributed by atoms with Crippen LogP contribution in [-0.2, 0) is 14.3 Å². The third-order valence-electron chi connectivity index (χ3n) is 3.17. The lowest BCUT2D eigenvalue weighted by Crippen LogP contribution is -2.43. The minimum atomic E-state index is -0.352. The predicted molar refractivity (Wildman–Crippen MR) is 51.8 cm³/mol. The highest BCUT2D eigenvalue weighted by atomic mass is 16.6. The van der Waals surface area contributed by atoms with Crippen molar-refractivity contribution in [3.63, 3.8) is 0 Å². The smallest absolute Gasteiger partial charge is 0.330 e. The van der Waals surface area contributed by atoms with Crippen molar-refractivity contribution in [3.8, 4) is 0 Å². The molecular formula is C11H16O3. The Labute approximate surface area is 84.1 Å². The number of rotatable bonds is 3. The fraction of sp³-hybridized carbons (Fsp3) is 0.727. The quantitative estimate of drug-likeness (QED) is 0.509. The Kier molecular flexibility index (Phi) is 2.87. The number of esters is 1. The molecule has 14 heavy (non-hydrogen) atoms. The zero-order valence-corrected chi connectivity index (χ0v) is 8.28. The van der Waals surface area contributed by atoms with Crippen molar-refractivity contribution in [2.24, 2.45) is 5.92 Å². The molecule has 1 aliphatic carbocycles. The minimum absolute atomic E-state index is 0.131. The fourth-order valence-corrected chi connectivity index (χ4v) is 2.35. The normalized spacial score (nSPS) is 35.3. The first-order valence-electron chi connectivity index (χ1n) is 5.24. The number of ether oxygens (including phenoxy) is 2. The standard InChI is InChI=1S/C11H16O3/c1-2-11(12)13-7-10-8-3-5-9(14-10)6-4-8/h2,8-10H,1,3-7H2. The molecule has 1 unspecified atom stereocenters. The molecule has 2 bridgehead atoms. The van der Waals surface area contributed by atoms with E-state index in [4.69, 9.17) is 9.47 Å². The highest BCUT2D eigenvalue weighted by Crippen LogP contribution is 2.37. The zero-order chi connectivity index (χ0) is 9.97. The number of hydrogen-bond acceptors (Lipinski definition) is 3. The van der Waals surface area contributed by atoms with Crippen LogP contribution in [0.5, 0.6) is 0 Å². The summed E-state index contributed by atoms with van der Waals surface area (Å²) in [4.78, 5) is 10.9. The van der Waals surface area contributed by atoms with Crippen molar-refractivity contribution >= 4 is 5.97 Å². The lowest BCUT2D eigenvalue weighted by molar-refractivity contribution is -0.163. The number of hydrogen-bond donors (Lipinski definition) is 0. The second kappa shape index (κ2) is 4.13. The van der Waals surface area contributed by atoms with E-state index in [0.29, 0.717) is 18.6 Å². The summed E-state index contributed by atoms with van der Waals surface area (Å²) in [6.45, 7) is 3.75. The molecule has 0 aromatic rings. The maximum atomic E-state index is 10.9. The molecule has 2 heterocycles. The summed E-state index contributed by atoms with van der Waals surface area (Å²) >= 11 is 0. The van der Waals surface area contributed by atoms with Crippen LogP contribution in [0.4, 0.5) is 0 Å². The topological polar surface area (TPSA) is 35.5 Å². The summed E-state index contributed by atoms with van der Waals surface area (Å²) in [5.41, 5.74) is 0. The number of carbonyl (C=O) groups is 1. The molecule has 1 atom stereocenters. The maximum Gasteiger partial charge on any atom is 0.330 e. The Bertz CT molecular complexity index is 229. The van der Waals surface area contributed by atoms with Gasteiger partial charge in [-0.3, -0.25) is 0 Å². The fourth-order valence-electron chi connectivity index (χ4n) is 2.35. The molecule has 2 saturated heterocycles. The summed E-state index contributed by atoms with van der Waals surface area (Å²) < 4.78 is 10.8. The van der Waals surface area contributed by atoms with Crippen LogP contribution in [0.1, 0.15) is 25.7 Å². The van der Waals surface area contributed by atoms with Gasteiger partial charge in [0.15, 0.2) is 0 Å². The molecule has 1 saturated carbocycles. The Hall–Kier alpha value is -0.830. The Morgan fingerprint density at radius 2 is 2.14 bits per heavy atom. The lowest BCUT2D eigenvalue weighted by atomic mass is 9.80. The molecule has 3 nitrogen and oxygen atoms in total. The van der Waals surface area contributed by atoms with E-state index in [1.807, 2.05) is 0 Å². The third kappa shape index (κ3) is 1.98. The Morgan fingerprint density at radius 3 is 2.64 bits per heavy atom. The minimum Gasteiger partial charge on any atom is -0.460 e. The van der Waals surface area contributed by atoms with Gasteiger partial charge in [-0.05, 0) is 31.6 Å². The number of fused-ring (bicyclic) bond motifs is 3. The second-order valence-corrected chi connectivity index (χ2v) is 4.05. The Balaban J connectivity index is 1.81. The van der Waals surface area contributed by atoms with E-state index < -0.39 is 0 Å². The molecule has 3 aliphatic rings. The van der Waals surface area contributed by atoms with Gasteiger partial charge in [-0.25, -0.2) is 4.79 Å². The van der Waals surface area contributed by atoms with Crippen molar-refractivity contribution < 1.29 is 14.3 Å². The molecule has 0 N–H and O–H groups in total. The third-order valence-corrected chi connectivity index (χ3v) is 3.17. The molecule has 0 spiro atoms. The van der Waals surface area contributed by atoms with Gasteiger partial charge in [0.2, 0.25) is 0 Å². The molecule has 3 rings (SSSR count). The first-order chi connectivity index (χ1) is 6.79. The van der Waals surface area contributed by atoms with Crippen LogP contribution in [0.3, 0.4) is 0 Å². The van der Waals surface area contributed by atoms with Crippen molar-refractivity contribution in [1.82, 2.24) is 0 Å². The second-order valence-electron chi connectivity index (χ2n) is 4.05. The SMILES string of the molecule is C=CC(=O)OCC1OC2CCC1CC2. The first kappa shape index (κ1) is 9.71. The van der Waals surface area contributed by atoms with Gasteiger partial charge in [0.1, 0.15) is 6.61 Å². The van der Waals surface area contributed by atoms with Crippen LogP contribution >= 0.6 is 0 Å². The van der Waals surface area contributed by atoms with E-state index in [1.54, 1.807) is 0 Å². The Morgan fingerprint density at radius 1 is 1.43 bits per heavy atom. The van der Waals surface area contributed by atoms with Gasteiger partial charge in [-0.15, -0.1) is 0 Å². The van der Waals surface area contributed by atoms with Gasteiger partial charge in [0, 0.05) is 6.08 Å². The number of carbonyl (C=O) groups excluding carboxylic acids is 1. The molecule has 0 amide bonds. The van der Waals surface area contributed by atoms with Crippen LogP contribution in [-0.4, -0.2) is 24.8 Å². The van der Waals surface area contributed by atoms with E-state index in [-0.39, 0.29) is 12.1 Å². The molecule has 2 aliphatic heterocycles. The summed E-state index contributed by atoms with van der Waals surface area (Å²) in [5, 5.41) is 0. The van der Waals surface area contributed by atoms with Crippen LogP contribution in [0, 0.1) is 5.92 Å². The van der Waals surface area contributed by atoms with Gasteiger partial charge in [-0.1, -0.05) is 6.58 Å². The van der Waals surface area contributed by atoms with Gasteiger partial charge in [0.05, 0.1) is 12.2 Å². The highest BCUT2D eigenvalue weighted by Gasteiger charge is 2.36. The van der Waals surface area contributed by atoms with Crippen LogP contribution in [0.25, 0.3) is 0 Å². The molecule has 3 fully saturated rings. The predicted octanol–water partition coefficient (Wildman–Crippen LogP) is 1.67. The molecule has 0 aromatic carbocycles. The van der Waals surface area contributed by atoms with E-state index in [0.717, 1.165) is 0 Å². The average Bonchev–Trinajstić information content (AvgIpc) is 2.27. The van der Waals surface area contributed by atoms with E-state index in [2.05, 4.69) is 6.58 Å². The monoisotopic (exact) mass is 196 g/mol. The summed E-state index contributed by atoms with van der Waals surface area (Å²) in [7, 11) is 0. The van der Waals surface area contributed by atoms with E-state index in [9.17, 15) is 4.79 Å². The molecule has 0 radical (unpaired) electrons. The average molecular weight is 196 g/mol. The summed E-state index contributed by atoms with van der Waals surface area (Å²) in [6.07, 6.45) is 6.54.